The molecule has 1 atom stereocenters. The van der Waals surface area contributed by atoms with E-state index in [0.717, 1.165) is 24.9 Å². The molecule has 2 N–H and O–H groups in total. The van der Waals surface area contributed by atoms with Gasteiger partial charge in [-0.15, -0.1) is 0 Å². The van der Waals surface area contributed by atoms with E-state index in [1.54, 1.807) is 0 Å². The number of hydrogen-bond donors (Lipinski definition) is 2. The summed E-state index contributed by atoms with van der Waals surface area (Å²) in [6.45, 7) is 4.32. The molecule has 0 saturated heterocycles. The van der Waals surface area contributed by atoms with E-state index in [9.17, 15) is 0 Å². The van der Waals surface area contributed by atoms with Crippen molar-refractivity contribution in [3.05, 3.63) is 65.7 Å². The molecule has 0 amide bonds. The molecule has 0 fully saturated rings. The molecule has 0 aliphatic heterocycles. The SMILES string of the molecule is CCc1ccc(NC(=S)N[C@H](C)CCc2ccccc2)cc1. The first-order valence-corrected chi connectivity index (χ1v) is 8.28. The number of nitrogens with one attached hydrogen (secondary N) is 2. The minimum absolute atomic E-state index is 0.343. The Balaban J connectivity index is 1.75. The lowest BCUT2D eigenvalue weighted by Gasteiger charge is -2.17. The summed E-state index contributed by atoms with van der Waals surface area (Å²) in [5.41, 5.74) is 3.73. The Kier molecular flexibility index (Phi) is 6.41. The molecular weight excluding hydrogens is 288 g/mol. The van der Waals surface area contributed by atoms with Gasteiger partial charge in [-0.1, -0.05) is 49.4 Å². The highest BCUT2D eigenvalue weighted by molar-refractivity contribution is 7.80. The largest absolute Gasteiger partial charge is 0.360 e. The van der Waals surface area contributed by atoms with Gasteiger partial charge in [0.05, 0.1) is 0 Å². The van der Waals surface area contributed by atoms with Crippen molar-refractivity contribution in [2.45, 2.75) is 39.2 Å². The zero-order valence-electron chi connectivity index (χ0n) is 13.3. The van der Waals surface area contributed by atoms with Crippen LogP contribution in [0.5, 0.6) is 0 Å². The molecule has 0 radical (unpaired) electrons. The van der Waals surface area contributed by atoms with E-state index in [0.29, 0.717) is 11.2 Å². The van der Waals surface area contributed by atoms with E-state index in [4.69, 9.17) is 12.2 Å². The third-order valence-corrected chi connectivity index (χ3v) is 3.93. The zero-order valence-corrected chi connectivity index (χ0v) is 14.1. The molecular formula is C19H24N2S. The Bertz CT molecular complexity index is 578. The number of aryl methyl sites for hydroxylation is 2. The van der Waals surface area contributed by atoms with Gasteiger partial charge in [-0.2, -0.15) is 0 Å². The zero-order chi connectivity index (χ0) is 15.8. The summed E-state index contributed by atoms with van der Waals surface area (Å²) in [4.78, 5) is 0. The van der Waals surface area contributed by atoms with Crippen LogP contribution in [0.15, 0.2) is 54.6 Å². The van der Waals surface area contributed by atoms with Gasteiger partial charge >= 0.3 is 0 Å². The molecule has 0 bridgehead atoms. The second-order valence-corrected chi connectivity index (χ2v) is 5.98. The van der Waals surface area contributed by atoms with Crippen LogP contribution in [0.4, 0.5) is 5.69 Å². The van der Waals surface area contributed by atoms with Crippen LogP contribution in [0.25, 0.3) is 0 Å². The predicted octanol–water partition coefficient (Wildman–Crippen LogP) is 4.56. The molecule has 0 aliphatic rings. The summed E-state index contributed by atoms with van der Waals surface area (Å²) < 4.78 is 0. The Hall–Kier alpha value is -1.87. The van der Waals surface area contributed by atoms with Crippen molar-refractivity contribution in [2.75, 3.05) is 5.32 Å². The summed E-state index contributed by atoms with van der Waals surface area (Å²) in [5.74, 6) is 0. The van der Waals surface area contributed by atoms with Gasteiger partial charge in [-0.3, -0.25) is 0 Å². The Morgan fingerprint density at radius 1 is 1.00 bits per heavy atom. The lowest BCUT2D eigenvalue weighted by molar-refractivity contribution is 0.609. The van der Waals surface area contributed by atoms with Gasteiger partial charge in [0, 0.05) is 11.7 Å². The van der Waals surface area contributed by atoms with E-state index in [1.165, 1.54) is 11.1 Å². The van der Waals surface area contributed by atoms with Crippen molar-refractivity contribution < 1.29 is 0 Å². The fraction of sp³-hybridized carbons (Fsp3) is 0.316. The summed E-state index contributed by atoms with van der Waals surface area (Å²) in [6.07, 6.45) is 3.17. The van der Waals surface area contributed by atoms with E-state index in [2.05, 4.69) is 73.0 Å². The smallest absolute Gasteiger partial charge is 0.170 e. The summed E-state index contributed by atoms with van der Waals surface area (Å²) in [6, 6.07) is 19.3. The number of thiocarbonyl (C=S) groups is 1. The van der Waals surface area contributed by atoms with Gasteiger partial charge in [-0.25, -0.2) is 0 Å². The molecule has 0 aromatic heterocycles. The Labute approximate surface area is 139 Å². The number of rotatable bonds is 6. The third kappa shape index (κ3) is 5.49. The second kappa shape index (κ2) is 8.54. The molecule has 2 rings (SSSR count). The van der Waals surface area contributed by atoms with Crippen LogP contribution in [0.1, 0.15) is 31.4 Å². The molecule has 3 heteroatoms. The number of anilines is 1. The molecule has 2 aromatic rings. The summed E-state index contributed by atoms with van der Waals surface area (Å²) in [5, 5.41) is 7.28. The first kappa shape index (κ1) is 16.5. The molecule has 22 heavy (non-hydrogen) atoms. The van der Waals surface area contributed by atoms with Crippen molar-refractivity contribution >= 4 is 23.0 Å². The van der Waals surface area contributed by atoms with Crippen LogP contribution in [-0.4, -0.2) is 11.2 Å². The topological polar surface area (TPSA) is 24.1 Å². The Morgan fingerprint density at radius 2 is 1.68 bits per heavy atom. The van der Waals surface area contributed by atoms with E-state index < -0.39 is 0 Å². The average molecular weight is 312 g/mol. The first-order chi connectivity index (χ1) is 10.7. The maximum Gasteiger partial charge on any atom is 0.170 e. The summed E-state index contributed by atoms with van der Waals surface area (Å²) in [7, 11) is 0. The van der Waals surface area contributed by atoms with Gasteiger partial charge in [-0.05, 0) is 61.7 Å². The van der Waals surface area contributed by atoms with Gasteiger partial charge < -0.3 is 10.6 Å². The van der Waals surface area contributed by atoms with Crippen molar-refractivity contribution in [3.8, 4) is 0 Å². The highest BCUT2D eigenvalue weighted by Crippen LogP contribution is 2.10. The van der Waals surface area contributed by atoms with Gasteiger partial charge in [0.1, 0.15) is 0 Å². The van der Waals surface area contributed by atoms with E-state index >= 15 is 0 Å². The van der Waals surface area contributed by atoms with Crippen LogP contribution >= 0.6 is 12.2 Å². The number of benzene rings is 2. The molecule has 0 heterocycles. The monoisotopic (exact) mass is 312 g/mol. The maximum atomic E-state index is 5.38. The molecule has 0 spiro atoms. The van der Waals surface area contributed by atoms with Crippen LogP contribution in [-0.2, 0) is 12.8 Å². The minimum Gasteiger partial charge on any atom is -0.360 e. The van der Waals surface area contributed by atoms with Crippen LogP contribution in [0.2, 0.25) is 0 Å². The molecule has 2 aromatic carbocycles. The highest BCUT2D eigenvalue weighted by atomic mass is 32.1. The fourth-order valence-electron chi connectivity index (χ4n) is 2.31. The molecule has 116 valence electrons. The normalized spacial score (nSPS) is 11.7. The predicted molar refractivity (Wildman–Crippen MR) is 99.4 cm³/mol. The van der Waals surface area contributed by atoms with Crippen molar-refractivity contribution in [1.82, 2.24) is 5.32 Å². The quantitative estimate of drug-likeness (QED) is 0.765. The maximum absolute atomic E-state index is 5.38. The molecule has 0 saturated carbocycles. The second-order valence-electron chi connectivity index (χ2n) is 5.57. The van der Waals surface area contributed by atoms with Gasteiger partial charge in [0.2, 0.25) is 0 Å². The fourth-order valence-corrected chi connectivity index (χ4v) is 2.63. The van der Waals surface area contributed by atoms with Gasteiger partial charge in [0.25, 0.3) is 0 Å². The van der Waals surface area contributed by atoms with E-state index in [1.807, 2.05) is 6.07 Å². The standard InChI is InChI=1S/C19H24N2S/c1-3-16-11-13-18(14-12-16)21-19(22)20-15(2)9-10-17-7-5-4-6-8-17/h4-8,11-15H,3,9-10H2,1-2H3,(H2,20,21,22)/t15-/m1/s1. The van der Waals surface area contributed by atoms with Gasteiger partial charge in [0.15, 0.2) is 5.11 Å². The van der Waals surface area contributed by atoms with Crippen LogP contribution in [0.3, 0.4) is 0 Å². The summed E-state index contributed by atoms with van der Waals surface area (Å²) >= 11 is 5.38. The first-order valence-electron chi connectivity index (χ1n) is 7.87. The number of hydrogen-bond acceptors (Lipinski definition) is 1. The van der Waals surface area contributed by atoms with Crippen LogP contribution < -0.4 is 10.6 Å². The average Bonchev–Trinajstić information content (AvgIpc) is 2.54. The highest BCUT2D eigenvalue weighted by Gasteiger charge is 2.05. The molecule has 0 aliphatic carbocycles. The van der Waals surface area contributed by atoms with Crippen molar-refractivity contribution in [3.63, 3.8) is 0 Å². The van der Waals surface area contributed by atoms with Crippen LogP contribution in [0, 0.1) is 0 Å². The minimum atomic E-state index is 0.343. The Morgan fingerprint density at radius 3 is 2.32 bits per heavy atom. The lowest BCUT2D eigenvalue weighted by atomic mass is 10.1. The lowest BCUT2D eigenvalue weighted by Crippen LogP contribution is -2.36. The third-order valence-electron chi connectivity index (χ3n) is 3.71. The molecule has 0 unspecified atom stereocenters. The van der Waals surface area contributed by atoms with Crippen molar-refractivity contribution in [2.24, 2.45) is 0 Å². The van der Waals surface area contributed by atoms with E-state index in [-0.39, 0.29) is 0 Å². The molecule has 2 nitrogen and oxygen atoms in total. The van der Waals surface area contributed by atoms with Crippen molar-refractivity contribution in [1.29, 1.82) is 0 Å².